The number of carbonyl (C=O) groups excluding carboxylic acids is 4. The molecule has 2 aromatic rings. The monoisotopic (exact) mass is 638 g/mol. The second kappa shape index (κ2) is 15.9. The van der Waals surface area contributed by atoms with Crippen LogP contribution in [0.3, 0.4) is 0 Å². The maximum atomic E-state index is 15.1. The highest BCUT2D eigenvalue weighted by Gasteiger charge is 2.23. The summed E-state index contributed by atoms with van der Waals surface area (Å²) in [6, 6.07) is 9.24. The smallest absolute Gasteiger partial charge is 0.338 e. The van der Waals surface area contributed by atoms with E-state index >= 15 is 4.39 Å². The Hall–Kier alpha value is -5.83. The highest BCUT2D eigenvalue weighted by Crippen LogP contribution is 2.31. The first kappa shape index (κ1) is 35.6. The van der Waals surface area contributed by atoms with E-state index in [-0.39, 0.29) is 51.2 Å². The molecule has 0 amide bonds. The lowest BCUT2D eigenvalue weighted by Crippen LogP contribution is -2.15. The molecule has 0 saturated carbocycles. The fourth-order valence-electron chi connectivity index (χ4n) is 3.74. The van der Waals surface area contributed by atoms with Gasteiger partial charge in [0.05, 0.1) is 0 Å². The zero-order chi connectivity index (χ0) is 34.8. The number of esters is 4. The van der Waals surface area contributed by atoms with E-state index in [4.69, 9.17) is 18.9 Å². The van der Waals surface area contributed by atoms with Crippen molar-refractivity contribution >= 4 is 42.1 Å². The minimum Gasteiger partial charge on any atom is -0.420 e. The highest BCUT2D eigenvalue weighted by molar-refractivity contribution is 5.91. The second-order valence-electron chi connectivity index (χ2n) is 10.9. The van der Waals surface area contributed by atoms with Gasteiger partial charge in [0.15, 0.2) is 23.0 Å². The molecule has 0 bridgehead atoms. The topological polar surface area (TPSA) is 105 Å². The molecule has 0 fully saturated rings. The quantitative estimate of drug-likeness (QED) is 0.0997. The van der Waals surface area contributed by atoms with Crippen LogP contribution in [0.25, 0.3) is 18.2 Å². The van der Waals surface area contributed by atoms with Gasteiger partial charge in [-0.3, -0.25) is 0 Å². The van der Waals surface area contributed by atoms with Crippen molar-refractivity contribution in [2.45, 2.75) is 34.1 Å². The van der Waals surface area contributed by atoms with Crippen molar-refractivity contribution < 1.29 is 42.5 Å². The average molecular weight is 639 g/mol. The number of hydrogen-bond donors (Lipinski definition) is 0. The number of hydrogen-bond acceptors (Lipinski definition) is 8. The molecule has 0 aromatic heterocycles. The van der Waals surface area contributed by atoms with Crippen molar-refractivity contribution in [2.75, 3.05) is 0 Å². The predicted octanol–water partition coefficient (Wildman–Crippen LogP) is 8.00. The van der Waals surface area contributed by atoms with Gasteiger partial charge in [-0.05, 0) is 75.6 Å². The van der Waals surface area contributed by atoms with Gasteiger partial charge in [0, 0.05) is 33.8 Å². The third-order valence-corrected chi connectivity index (χ3v) is 6.37. The molecule has 0 heterocycles. The van der Waals surface area contributed by atoms with E-state index in [1.54, 1.807) is 48.6 Å². The molecule has 1 aliphatic carbocycles. The van der Waals surface area contributed by atoms with E-state index in [1.807, 2.05) is 6.08 Å². The number of rotatable bonds is 12. The van der Waals surface area contributed by atoms with Crippen molar-refractivity contribution in [1.82, 2.24) is 0 Å². The normalized spacial score (nSPS) is 14.1. The molecule has 242 valence electrons. The lowest BCUT2D eigenvalue weighted by Gasteiger charge is -2.19. The van der Waals surface area contributed by atoms with Crippen LogP contribution in [0.4, 0.5) is 4.39 Å². The Morgan fingerprint density at radius 3 is 1.74 bits per heavy atom. The Morgan fingerprint density at radius 1 is 0.660 bits per heavy atom. The van der Waals surface area contributed by atoms with Crippen LogP contribution in [0, 0.1) is 11.7 Å². The molecule has 0 saturated heterocycles. The van der Waals surface area contributed by atoms with E-state index < -0.39 is 29.7 Å². The van der Waals surface area contributed by atoms with Gasteiger partial charge in [-0.1, -0.05) is 68.8 Å². The zero-order valence-electron chi connectivity index (χ0n) is 26.7. The van der Waals surface area contributed by atoms with Gasteiger partial charge in [-0.2, -0.15) is 0 Å². The fraction of sp³-hybridized carbons (Fsp3) is 0.158. The van der Waals surface area contributed by atoms with Crippen LogP contribution in [0.1, 0.15) is 50.8 Å². The highest BCUT2D eigenvalue weighted by atomic mass is 19.1. The molecule has 0 radical (unpaired) electrons. The summed E-state index contributed by atoms with van der Waals surface area (Å²) >= 11 is 0. The van der Waals surface area contributed by atoms with E-state index in [9.17, 15) is 19.2 Å². The van der Waals surface area contributed by atoms with Gasteiger partial charge in [0.1, 0.15) is 5.82 Å². The minimum atomic E-state index is -0.705. The molecule has 47 heavy (non-hydrogen) atoms. The number of benzene rings is 2. The Bertz CT molecular complexity index is 1800. The second-order valence-corrected chi connectivity index (χ2v) is 10.9. The van der Waals surface area contributed by atoms with Crippen LogP contribution in [0.2, 0.25) is 0 Å². The summed E-state index contributed by atoms with van der Waals surface area (Å²) in [6.45, 7) is 20.2. The predicted molar refractivity (Wildman–Crippen MR) is 178 cm³/mol. The maximum Gasteiger partial charge on any atom is 0.338 e. The first-order valence-corrected chi connectivity index (χ1v) is 14.4. The number of allylic oxidation sites excluding steroid dienone is 3. The minimum absolute atomic E-state index is 0.0130. The van der Waals surface area contributed by atoms with Gasteiger partial charge >= 0.3 is 23.9 Å². The Kier molecular flexibility index (Phi) is 12.1. The molecule has 1 unspecified atom stereocenters. The summed E-state index contributed by atoms with van der Waals surface area (Å²) in [7, 11) is 0. The first-order valence-electron chi connectivity index (χ1n) is 14.4. The molecule has 0 aliphatic heterocycles. The first-order chi connectivity index (χ1) is 22.1. The zero-order valence-corrected chi connectivity index (χ0v) is 26.7. The van der Waals surface area contributed by atoms with Crippen LogP contribution < -0.4 is 9.47 Å². The van der Waals surface area contributed by atoms with Gasteiger partial charge in [0.25, 0.3) is 0 Å². The van der Waals surface area contributed by atoms with Crippen molar-refractivity contribution in [3.8, 4) is 11.5 Å². The van der Waals surface area contributed by atoms with E-state index in [2.05, 4.69) is 26.3 Å². The van der Waals surface area contributed by atoms with Crippen LogP contribution >= 0.6 is 0 Å². The number of carbonyl (C=O) groups is 4. The summed E-state index contributed by atoms with van der Waals surface area (Å²) in [4.78, 5) is 48.4. The van der Waals surface area contributed by atoms with Gasteiger partial charge in [-0.15, -0.1) is 0 Å². The van der Waals surface area contributed by atoms with Gasteiger partial charge < -0.3 is 18.9 Å². The summed E-state index contributed by atoms with van der Waals surface area (Å²) in [5.41, 5.74) is 2.08. The van der Waals surface area contributed by atoms with Crippen molar-refractivity contribution in [3.63, 3.8) is 0 Å². The maximum absolute atomic E-state index is 15.1. The molecule has 1 aliphatic rings. The standard InChI is InChI=1S/C38H35FO8/c1-22(2)35(40)44-31-17-13-27(20-33(31)46-37(42)24(5)6)10-9-26-11-15-29(30(39)19-26)16-12-28-14-18-32(45-36(41)23(3)4)34(21-28)47-38(43)25(7)8/h9-12,14-21,27H,1,3,5,7,13H2,2,4,6,8H3/b10-9+,16-12+. The molecule has 2 aromatic carbocycles. The van der Waals surface area contributed by atoms with Gasteiger partial charge in [0.2, 0.25) is 0 Å². The third-order valence-electron chi connectivity index (χ3n) is 6.37. The number of halogens is 1. The van der Waals surface area contributed by atoms with E-state index in [0.29, 0.717) is 23.1 Å². The molecule has 9 heteroatoms. The van der Waals surface area contributed by atoms with Crippen molar-refractivity contribution in [3.05, 3.63) is 137 Å². The Morgan fingerprint density at radius 2 is 1.17 bits per heavy atom. The SMILES string of the molecule is C=C(C)C(=O)OC1=CCC(/C=C/c2ccc(/C=C/c3ccc(OC(=O)C(=C)C)c(OC(=O)C(=C)C)c3)c(F)c2)C=C1OC(=O)C(=C)C. The molecular formula is C38H35FO8. The largest absolute Gasteiger partial charge is 0.420 e. The lowest BCUT2D eigenvalue weighted by atomic mass is 9.97. The summed E-state index contributed by atoms with van der Waals surface area (Å²) in [5.74, 6) is -3.28. The molecular weight excluding hydrogens is 603 g/mol. The summed E-state index contributed by atoms with van der Waals surface area (Å²) < 4.78 is 36.4. The van der Waals surface area contributed by atoms with Crippen LogP contribution in [-0.2, 0) is 28.7 Å². The molecule has 3 rings (SSSR count). The Balaban J connectivity index is 1.79. The summed E-state index contributed by atoms with van der Waals surface area (Å²) in [5, 5.41) is 0. The fourth-order valence-corrected chi connectivity index (χ4v) is 3.74. The van der Waals surface area contributed by atoms with Gasteiger partial charge in [-0.25, -0.2) is 23.6 Å². The van der Waals surface area contributed by atoms with Crippen LogP contribution in [-0.4, -0.2) is 23.9 Å². The van der Waals surface area contributed by atoms with E-state index in [1.165, 1.54) is 45.9 Å². The number of ether oxygens (including phenoxy) is 4. The van der Waals surface area contributed by atoms with Crippen molar-refractivity contribution in [2.24, 2.45) is 5.92 Å². The summed E-state index contributed by atoms with van der Waals surface area (Å²) in [6.07, 6.45) is 10.4. The third kappa shape index (κ3) is 10.4. The molecule has 0 N–H and O–H groups in total. The average Bonchev–Trinajstić information content (AvgIpc) is 3.01. The molecule has 0 spiro atoms. The molecule has 1 atom stereocenters. The molecule has 8 nitrogen and oxygen atoms in total. The lowest BCUT2D eigenvalue weighted by molar-refractivity contribution is -0.139. The van der Waals surface area contributed by atoms with E-state index in [0.717, 1.165) is 0 Å². The van der Waals surface area contributed by atoms with Crippen LogP contribution in [0.5, 0.6) is 11.5 Å². The van der Waals surface area contributed by atoms with Crippen LogP contribution in [0.15, 0.2) is 115 Å². The Labute approximate surface area is 273 Å². The van der Waals surface area contributed by atoms with Crippen molar-refractivity contribution in [1.29, 1.82) is 0 Å².